The van der Waals surface area contributed by atoms with Gasteiger partial charge in [-0.25, -0.2) is 4.98 Å². The molecule has 0 saturated carbocycles. The molecular formula is C15H22N6O. The van der Waals surface area contributed by atoms with Crippen molar-refractivity contribution >= 4 is 5.91 Å². The van der Waals surface area contributed by atoms with Gasteiger partial charge in [0.1, 0.15) is 12.7 Å². The van der Waals surface area contributed by atoms with Crippen LogP contribution in [0.3, 0.4) is 0 Å². The average Bonchev–Trinajstić information content (AvgIpc) is 3.21. The summed E-state index contributed by atoms with van der Waals surface area (Å²) in [7, 11) is 0. The Bertz CT molecular complexity index is 605. The lowest BCUT2D eigenvalue weighted by molar-refractivity contribution is -0.132. The molecule has 1 saturated heterocycles. The summed E-state index contributed by atoms with van der Waals surface area (Å²) in [6.45, 7) is 4.43. The van der Waals surface area contributed by atoms with Crippen LogP contribution in [0.2, 0.25) is 0 Å². The Balaban J connectivity index is 1.50. The van der Waals surface area contributed by atoms with Crippen molar-refractivity contribution in [2.75, 3.05) is 6.54 Å². The number of carbonyl (C=O) groups is 1. The summed E-state index contributed by atoms with van der Waals surface area (Å²) in [5.74, 6) is 0.242. The third-order valence-corrected chi connectivity index (χ3v) is 4.10. The van der Waals surface area contributed by atoms with Crippen LogP contribution < -0.4 is 0 Å². The van der Waals surface area contributed by atoms with Crippen LogP contribution in [0.1, 0.15) is 31.2 Å². The molecule has 22 heavy (non-hydrogen) atoms. The van der Waals surface area contributed by atoms with Gasteiger partial charge >= 0.3 is 0 Å². The second kappa shape index (κ2) is 6.72. The number of hydrogen-bond donors (Lipinski definition) is 0. The Hall–Kier alpha value is -2.18. The van der Waals surface area contributed by atoms with Gasteiger partial charge in [-0.3, -0.25) is 14.2 Å². The topological polar surface area (TPSA) is 68.8 Å². The summed E-state index contributed by atoms with van der Waals surface area (Å²) in [5, 5.41) is 8.38. The molecule has 118 valence electrons. The average molecular weight is 302 g/mol. The van der Waals surface area contributed by atoms with E-state index in [1.165, 1.54) is 6.33 Å². The minimum absolute atomic E-state index is 0.242. The number of rotatable bonds is 6. The molecule has 1 unspecified atom stereocenters. The van der Waals surface area contributed by atoms with Crippen LogP contribution in [0.15, 0.2) is 25.0 Å². The lowest BCUT2D eigenvalue weighted by Gasteiger charge is -2.24. The van der Waals surface area contributed by atoms with Crippen LogP contribution in [-0.4, -0.2) is 47.9 Å². The fourth-order valence-corrected chi connectivity index (χ4v) is 3.02. The monoisotopic (exact) mass is 302 g/mol. The molecule has 0 radical (unpaired) electrons. The van der Waals surface area contributed by atoms with Crippen molar-refractivity contribution < 1.29 is 4.79 Å². The molecular weight excluding hydrogens is 280 g/mol. The summed E-state index contributed by atoms with van der Waals surface area (Å²) in [6, 6.07) is 0.276. The zero-order chi connectivity index (χ0) is 15.4. The Morgan fingerprint density at radius 3 is 3.00 bits per heavy atom. The van der Waals surface area contributed by atoms with Gasteiger partial charge in [0.05, 0.1) is 18.8 Å². The van der Waals surface area contributed by atoms with E-state index in [0.29, 0.717) is 6.42 Å². The van der Waals surface area contributed by atoms with Crippen molar-refractivity contribution in [2.24, 2.45) is 0 Å². The highest BCUT2D eigenvalue weighted by molar-refractivity contribution is 5.76. The molecule has 0 aromatic carbocycles. The number of amides is 1. The van der Waals surface area contributed by atoms with Crippen LogP contribution in [0.4, 0.5) is 0 Å². The van der Waals surface area contributed by atoms with Gasteiger partial charge in [0.15, 0.2) is 0 Å². The minimum Gasteiger partial charge on any atom is -0.338 e. The Kier molecular flexibility index (Phi) is 4.50. The highest BCUT2D eigenvalue weighted by atomic mass is 16.2. The maximum absolute atomic E-state index is 12.4. The molecule has 0 bridgehead atoms. The number of aryl methyl sites for hydroxylation is 2. The molecule has 1 aliphatic heterocycles. The molecule has 0 N–H and O–H groups in total. The SMILES string of the molecule is Cc1cnn(CC2CCCN2C(=O)CCCn2cncn2)c1. The van der Waals surface area contributed by atoms with E-state index in [1.807, 2.05) is 28.9 Å². The number of likely N-dealkylation sites (tertiary alicyclic amines) is 1. The van der Waals surface area contributed by atoms with Gasteiger partial charge in [0, 0.05) is 25.7 Å². The van der Waals surface area contributed by atoms with Crippen molar-refractivity contribution in [1.82, 2.24) is 29.4 Å². The highest BCUT2D eigenvalue weighted by Gasteiger charge is 2.28. The van der Waals surface area contributed by atoms with E-state index in [4.69, 9.17) is 0 Å². The van der Waals surface area contributed by atoms with E-state index in [0.717, 1.165) is 44.5 Å². The summed E-state index contributed by atoms with van der Waals surface area (Å²) in [6.07, 6.45) is 10.6. The third-order valence-electron chi connectivity index (χ3n) is 4.10. The van der Waals surface area contributed by atoms with Gasteiger partial charge in [0.2, 0.25) is 5.91 Å². The van der Waals surface area contributed by atoms with Gasteiger partial charge in [0.25, 0.3) is 0 Å². The smallest absolute Gasteiger partial charge is 0.222 e. The Morgan fingerprint density at radius 2 is 2.27 bits per heavy atom. The first-order valence-corrected chi connectivity index (χ1v) is 7.83. The largest absolute Gasteiger partial charge is 0.338 e. The first kappa shape index (κ1) is 14.7. The molecule has 7 heteroatoms. The van der Waals surface area contributed by atoms with Crippen molar-refractivity contribution in [1.29, 1.82) is 0 Å². The fraction of sp³-hybridized carbons (Fsp3) is 0.600. The molecule has 2 aromatic heterocycles. The van der Waals surface area contributed by atoms with Crippen molar-refractivity contribution in [3.05, 3.63) is 30.6 Å². The summed E-state index contributed by atoms with van der Waals surface area (Å²) < 4.78 is 3.71. The van der Waals surface area contributed by atoms with Crippen LogP contribution in [0.5, 0.6) is 0 Å². The van der Waals surface area contributed by atoms with Crippen molar-refractivity contribution in [3.8, 4) is 0 Å². The molecule has 1 fully saturated rings. The van der Waals surface area contributed by atoms with Crippen LogP contribution in [0.25, 0.3) is 0 Å². The molecule has 0 spiro atoms. The van der Waals surface area contributed by atoms with Crippen molar-refractivity contribution in [3.63, 3.8) is 0 Å². The predicted molar refractivity (Wildman–Crippen MR) is 81.0 cm³/mol. The normalized spacial score (nSPS) is 18.0. The molecule has 3 heterocycles. The van der Waals surface area contributed by atoms with Crippen LogP contribution in [0, 0.1) is 6.92 Å². The standard InChI is InChI=1S/C15H22N6O/c1-13-8-17-20(9-13)10-14-4-2-7-21(14)15(22)5-3-6-19-12-16-11-18-19/h8-9,11-12,14H,2-7,10H2,1H3. The van der Waals surface area contributed by atoms with E-state index in [9.17, 15) is 4.79 Å². The summed E-state index contributed by atoms with van der Waals surface area (Å²) >= 11 is 0. The molecule has 1 amide bonds. The van der Waals surface area contributed by atoms with E-state index in [1.54, 1.807) is 11.0 Å². The predicted octanol–water partition coefficient (Wildman–Crippen LogP) is 1.25. The Labute approximate surface area is 129 Å². The van der Waals surface area contributed by atoms with Gasteiger partial charge < -0.3 is 4.90 Å². The lowest BCUT2D eigenvalue weighted by atomic mass is 10.2. The number of aromatic nitrogens is 5. The molecule has 3 rings (SSSR count). The zero-order valence-corrected chi connectivity index (χ0v) is 12.9. The summed E-state index contributed by atoms with van der Waals surface area (Å²) in [5.41, 5.74) is 1.16. The number of hydrogen-bond acceptors (Lipinski definition) is 4. The van der Waals surface area contributed by atoms with E-state index < -0.39 is 0 Å². The number of nitrogens with zero attached hydrogens (tertiary/aromatic N) is 6. The summed E-state index contributed by atoms with van der Waals surface area (Å²) in [4.78, 5) is 18.4. The second-order valence-electron chi connectivity index (χ2n) is 5.89. The molecule has 7 nitrogen and oxygen atoms in total. The van der Waals surface area contributed by atoms with Crippen LogP contribution in [-0.2, 0) is 17.9 Å². The van der Waals surface area contributed by atoms with Gasteiger partial charge in [-0.05, 0) is 31.7 Å². The Morgan fingerprint density at radius 1 is 1.36 bits per heavy atom. The lowest BCUT2D eigenvalue weighted by Crippen LogP contribution is -2.38. The minimum atomic E-state index is 0.242. The van der Waals surface area contributed by atoms with Gasteiger partial charge in [-0.15, -0.1) is 0 Å². The maximum atomic E-state index is 12.4. The van der Waals surface area contributed by atoms with Gasteiger partial charge in [-0.2, -0.15) is 10.2 Å². The number of carbonyl (C=O) groups excluding carboxylic acids is 1. The first-order chi connectivity index (χ1) is 10.7. The maximum Gasteiger partial charge on any atom is 0.222 e. The molecule has 2 aromatic rings. The van der Waals surface area contributed by atoms with E-state index in [2.05, 4.69) is 15.2 Å². The van der Waals surface area contributed by atoms with Crippen LogP contribution >= 0.6 is 0 Å². The van der Waals surface area contributed by atoms with E-state index in [-0.39, 0.29) is 11.9 Å². The molecule has 0 aliphatic carbocycles. The van der Waals surface area contributed by atoms with E-state index >= 15 is 0 Å². The first-order valence-electron chi connectivity index (χ1n) is 7.83. The quantitative estimate of drug-likeness (QED) is 0.805. The molecule has 1 aliphatic rings. The zero-order valence-electron chi connectivity index (χ0n) is 12.9. The second-order valence-corrected chi connectivity index (χ2v) is 5.89. The fourth-order valence-electron chi connectivity index (χ4n) is 3.02. The highest BCUT2D eigenvalue weighted by Crippen LogP contribution is 2.20. The van der Waals surface area contributed by atoms with Gasteiger partial charge in [-0.1, -0.05) is 0 Å². The van der Waals surface area contributed by atoms with Crippen molar-refractivity contribution in [2.45, 2.75) is 51.7 Å². The third kappa shape index (κ3) is 3.52. The molecule has 1 atom stereocenters.